The van der Waals surface area contributed by atoms with Crippen LogP contribution in [0.3, 0.4) is 0 Å². The normalized spacial score (nSPS) is 19.7. The molecule has 3 aromatic rings. The van der Waals surface area contributed by atoms with Gasteiger partial charge in [0.05, 0.1) is 11.7 Å². The smallest absolute Gasteiger partial charge is 0.359 e. The number of likely N-dealkylation sites (tertiary alicyclic amines) is 1. The summed E-state index contributed by atoms with van der Waals surface area (Å²) in [6.07, 6.45) is -1.49. The zero-order valence-corrected chi connectivity index (χ0v) is 17.2. The molecular weight excluding hydrogens is 411 g/mol. The highest BCUT2D eigenvalue weighted by molar-refractivity contribution is 5.93. The molecule has 0 spiro atoms. The third-order valence-corrected chi connectivity index (χ3v) is 5.93. The first-order valence-electron chi connectivity index (χ1n) is 10.5. The average Bonchev–Trinajstić information content (AvgIpc) is 3.11. The van der Waals surface area contributed by atoms with Gasteiger partial charge in [-0.1, -0.05) is 19.0 Å². The van der Waals surface area contributed by atoms with E-state index in [0.717, 1.165) is 35.5 Å². The van der Waals surface area contributed by atoms with Crippen LogP contribution < -0.4 is 0 Å². The van der Waals surface area contributed by atoms with Crippen LogP contribution in [0.2, 0.25) is 0 Å². The summed E-state index contributed by atoms with van der Waals surface area (Å²) in [6, 6.07) is 3.93. The van der Waals surface area contributed by atoms with Crippen LogP contribution in [0, 0.1) is 0 Å². The molecule has 5 rings (SSSR count). The predicted octanol–water partition coefficient (Wildman–Crippen LogP) is 4.71. The quantitative estimate of drug-likeness (QED) is 0.595. The van der Waals surface area contributed by atoms with Crippen molar-refractivity contribution in [3.05, 3.63) is 46.7 Å². The number of carbonyl (C=O) groups is 1. The Labute approximate surface area is 176 Å². The maximum Gasteiger partial charge on any atom is 0.433 e. The molecule has 4 heterocycles. The van der Waals surface area contributed by atoms with E-state index in [2.05, 4.69) is 15.2 Å². The summed E-state index contributed by atoms with van der Waals surface area (Å²) in [5.41, 5.74) is 0.279. The fourth-order valence-electron chi connectivity index (χ4n) is 4.07. The molecule has 2 fully saturated rings. The standard InChI is InChI=1S/C21H22F3N5O2/c1-11(2)13-8-17(31-27-13)16-4-3-7-28(16)20(30)15-10-19-25-14(12-5-6-12)9-18(21(22,23)24)29(19)26-15/h8-12,16H,3-7H2,1-2H3/t16-/m0/s1. The Morgan fingerprint density at radius 3 is 2.61 bits per heavy atom. The van der Waals surface area contributed by atoms with Gasteiger partial charge in [-0.25, -0.2) is 9.50 Å². The Morgan fingerprint density at radius 2 is 1.97 bits per heavy atom. The Morgan fingerprint density at radius 1 is 1.19 bits per heavy atom. The van der Waals surface area contributed by atoms with Gasteiger partial charge in [0.1, 0.15) is 5.69 Å². The summed E-state index contributed by atoms with van der Waals surface area (Å²) >= 11 is 0. The number of aromatic nitrogens is 4. The minimum absolute atomic E-state index is 0.0394. The SMILES string of the molecule is CC(C)c1cc([C@@H]2CCCN2C(=O)c2cc3nc(C4CC4)cc(C(F)(F)F)n3n2)on1. The summed E-state index contributed by atoms with van der Waals surface area (Å²) < 4.78 is 47.1. The molecule has 1 saturated carbocycles. The van der Waals surface area contributed by atoms with E-state index in [1.807, 2.05) is 19.9 Å². The number of fused-ring (bicyclic) bond motifs is 1. The second-order valence-corrected chi connectivity index (χ2v) is 8.60. The number of halogens is 3. The number of carbonyl (C=O) groups excluding carboxylic acids is 1. The van der Waals surface area contributed by atoms with E-state index in [1.54, 1.807) is 4.90 Å². The third kappa shape index (κ3) is 3.57. The molecule has 0 aromatic carbocycles. The first-order valence-corrected chi connectivity index (χ1v) is 10.5. The van der Waals surface area contributed by atoms with Crippen LogP contribution in [0.1, 0.15) is 90.7 Å². The van der Waals surface area contributed by atoms with Crippen molar-refractivity contribution in [3.63, 3.8) is 0 Å². The monoisotopic (exact) mass is 433 g/mol. The Kier molecular flexibility index (Phi) is 4.56. The zero-order valence-electron chi connectivity index (χ0n) is 17.2. The summed E-state index contributed by atoms with van der Waals surface area (Å²) in [5.74, 6) is 0.388. The number of hydrogen-bond donors (Lipinski definition) is 0. The molecule has 10 heteroatoms. The topological polar surface area (TPSA) is 76.5 Å². The molecule has 0 radical (unpaired) electrons. The Bertz CT molecular complexity index is 1150. The zero-order chi connectivity index (χ0) is 21.9. The molecule has 3 aromatic heterocycles. The molecule has 1 saturated heterocycles. The van der Waals surface area contributed by atoms with Crippen LogP contribution in [-0.2, 0) is 6.18 Å². The maximum atomic E-state index is 13.6. The lowest BCUT2D eigenvalue weighted by Crippen LogP contribution is -2.30. The number of rotatable bonds is 4. The summed E-state index contributed by atoms with van der Waals surface area (Å²) in [6.45, 7) is 4.47. The molecule has 1 atom stereocenters. The fraction of sp³-hybridized carbons (Fsp3) is 0.524. The van der Waals surface area contributed by atoms with E-state index in [9.17, 15) is 18.0 Å². The van der Waals surface area contributed by atoms with Gasteiger partial charge in [0.2, 0.25) is 0 Å². The minimum Gasteiger partial charge on any atom is -0.359 e. The Hall–Kier alpha value is -2.91. The highest BCUT2D eigenvalue weighted by atomic mass is 19.4. The maximum absolute atomic E-state index is 13.6. The van der Waals surface area contributed by atoms with Gasteiger partial charge < -0.3 is 9.42 Å². The van der Waals surface area contributed by atoms with Gasteiger partial charge in [0, 0.05) is 30.3 Å². The lowest BCUT2D eigenvalue weighted by molar-refractivity contribution is -0.142. The van der Waals surface area contributed by atoms with Crippen molar-refractivity contribution in [3.8, 4) is 0 Å². The molecule has 1 aliphatic heterocycles. The molecular formula is C21H22F3N5O2. The molecule has 31 heavy (non-hydrogen) atoms. The van der Waals surface area contributed by atoms with Crippen molar-refractivity contribution >= 4 is 11.6 Å². The first-order chi connectivity index (χ1) is 14.7. The van der Waals surface area contributed by atoms with E-state index in [1.165, 1.54) is 6.07 Å². The summed E-state index contributed by atoms with van der Waals surface area (Å²) in [5, 5.41) is 8.07. The number of amides is 1. The van der Waals surface area contributed by atoms with E-state index in [-0.39, 0.29) is 29.2 Å². The van der Waals surface area contributed by atoms with Crippen LogP contribution in [0.5, 0.6) is 0 Å². The molecule has 164 valence electrons. The van der Waals surface area contributed by atoms with E-state index < -0.39 is 17.8 Å². The van der Waals surface area contributed by atoms with Crippen molar-refractivity contribution in [2.24, 2.45) is 0 Å². The predicted molar refractivity (Wildman–Crippen MR) is 104 cm³/mol. The van der Waals surface area contributed by atoms with E-state index in [4.69, 9.17) is 4.52 Å². The van der Waals surface area contributed by atoms with Gasteiger partial charge in [-0.15, -0.1) is 0 Å². The second kappa shape index (κ2) is 7.06. The van der Waals surface area contributed by atoms with Gasteiger partial charge in [-0.05, 0) is 37.7 Å². The van der Waals surface area contributed by atoms with Gasteiger partial charge in [-0.3, -0.25) is 4.79 Å². The van der Waals surface area contributed by atoms with Gasteiger partial charge >= 0.3 is 6.18 Å². The molecule has 0 unspecified atom stereocenters. The molecule has 0 N–H and O–H groups in total. The minimum atomic E-state index is -4.60. The molecule has 7 nitrogen and oxygen atoms in total. The van der Waals surface area contributed by atoms with Crippen LogP contribution in [-0.4, -0.2) is 37.1 Å². The van der Waals surface area contributed by atoms with Crippen molar-refractivity contribution in [1.29, 1.82) is 0 Å². The van der Waals surface area contributed by atoms with E-state index in [0.29, 0.717) is 24.4 Å². The molecule has 0 bridgehead atoms. The van der Waals surface area contributed by atoms with Crippen molar-refractivity contribution in [2.45, 2.75) is 63.6 Å². The number of alkyl halides is 3. The van der Waals surface area contributed by atoms with Crippen LogP contribution >= 0.6 is 0 Å². The third-order valence-electron chi connectivity index (χ3n) is 5.93. The second-order valence-electron chi connectivity index (χ2n) is 8.60. The summed E-state index contributed by atoms with van der Waals surface area (Å²) in [4.78, 5) is 19.2. The highest BCUT2D eigenvalue weighted by Crippen LogP contribution is 2.41. The largest absolute Gasteiger partial charge is 0.433 e. The van der Waals surface area contributed by atoms with Gasteiger partial charge in [-0.2, -0.15) is 18.3 Å². The van der Waals surface area contributed by atoms with Gasteiger partial charge in [0.25, 0.3) is 5.91 Å². The van der Waals surface area contributed by atoms with Crippen LogP contribution in [0.25, 0.3) is 5.65 Å². The van der Waals surface area contributed by atoms with Gasteiger partial charge in [0.15, 0.2) is 17.1 Å². The number of nitrogens with zero attached hydrogens (tertiary/aromatic N) is 5. The fourth-order valence-corrected chi connectivity index (χ4v) is 4.07. The number of hydrogen-bond acceptors (Lipinski definition) is 5. The highest BCUT2D eigenvalue weighted by Gasteiger charge is 2.39. The van der Waals surface area contributed by atoms with Crippen molar-refractivity contribution < 1.29 is 22.5 Å². The first kappa shape index (κ1) is 20.0. The average molecular weight is 433 g/mol. The molecule has 1 aliphatic carbocycles. The van der Waals surface area contributed by atoms with E-state index >= 15 is 0 Å². The molecule has 2 aliphatic rings. The van der Waals surface area contributed by atoms with Crippen LogP contribution in [0.15, 0.2) is 22.7 Å². The van der Waals surface area contributed by atoms with Crippen molar-refractivity contribution in [2.75, 3.05) is 6.54 Å². The molecule has 1 amide bonds. The summed E-state index contributed by atoms with van der Waals surface area (Å²) in [7, 11) is 0. The lowest BCUT2D eigenvalue weighted by Gasteiger charge is -2.21. The Balaban J connectivity index is 1.50. The van der Waals surface area contributed by atoms with Crippen LogP contribution in [0.4, 0.5) is 13.2 Å². The van der Waals surface area contributed by atoms with Crippen molar-refractivity contribution in [1.82, 2.24) is 24.7 Å². The lowest BCUT2D eigenvalue weighted by atomic mass is 10.1.